The summed E-state index contributed by atoms with van der Waals surface area (Å²) < 4.78 is 5.04. The quantitative estimate of drug-likeness (QED) is 0.618. The molecule has 1 aromatic heterocycles. The van der Waals surface area contributed by atoms with E-state index in [2.05, 4.69) is 10.6 Å². The zero-order valence-electron chi connectivity index (χ0n) is 14.6. The van der Waals surface area contributed by atoms with Crippen molar-refractivity contribution in [1.29, 1.82) is 0 Å². The van der Waals surface area contributed by atoms with Crippen molar-refractivity contribution in [3.8, 4) is 0 Å². The molecule has 1 aromatic rings. The van der Waals surface area contributed by atoms with Gasteiger partial charge in [0.1, 0.15) is 11.0 Å². The summed E-state index contributed by atoms with van der Waals surface area (Å²) in [4.78, 5) is 36.0. The highest BCUT2D eigenvalue weighted by Crippen LogP contribution is 2.33. The van der Waals surface area contributed by atoms with Crippen LogP contribution >= 0.6 is 11.3 Å². The summed E-state index contributed by atoms with van der Waals surface area (Å²) in [5.74, 6) is -1.73. The number of hydrogen-bond acceptors (Lipinski definition) is 6. The van der Waals surface area contributed by atoms with E-state index in [1.54, 1.807) is 13.8 Å². The minimum Gasteiger partial charge on any atom is -0.480 e. The third-order valence-corrected chi connectivity index (χ3v) is 4.64. The van der Waals surface area contributed by atoms with Crippen molar-refractivity contribution in [1.82, 2.24) is 5.32 Å². The van der Waals surface area contributed by atoms with Crippen molar-refractivity contribution >= 4 is 34.2 Å². The number of carboxylic acids is 1. The van der Waals surface area contributed by atoms with Crippen LogP contribution in [0.1, 0.15) is 48.0 Å². The summed E-state index contributed by atoms with van der Waals surface area (Å²) in [6.07, 6.45) is 0.0931. The Morgan fingerprint density at radius 3 is 2.42 bits per heavy atom. The Bertz CT molecular complexity index is 626. The lowest BCUT2D eigenvalue weighted by atomic mass is 10.1. The number of hydrogen-bond donors (Lipinski definition) is 3. The van der Waals surface area contributed by atoms with E-state index < -0.39 is 18.0 Å². The van der Waals surface area contributed by atoms with Crippen LogP contribution in [0.3, 0.4) is 0 Å². The van der Waals surface area contributed by atoms with Gasteiger partial charge in [-0.2, -0.15) is 0 Å². The average molecular weight is 356 g/mol. The van der Waals surface area contributed by atoms with Crippen molar-refractivity contribution in [3.63, 3.8) is 0 Å². The van der Waals surface area contributed by atoms with Crippen LogP contribution in [0.5, 0.6) is 0 Å². The lowest BCUT2D eigenvalue weighted by Gasteiger charge is -2.16. The summed E-state index contributed by atoms with van der Waals surface area (Å²) in [7, 11) is 0. The van der Waals surface area contributed by atoms with Crippen LogP contribution < -0.4 is 10.6 Å². The van der Waals surface area contributed by atoms with Gasteiger partial charge in [-0.15, -0.1) is 11.3 Å². The Balaban J connectivity index is 2.78. The predicted octanol–water partition coefficient (Wildman–Crippen LogP) is 2.32. The minimum absolute atomic E-state index is 0.0931. The van der Waals surface area contributed by atoms with Crippen LogP contribution in [0.15, 0.2) is 0 Å². The maximum Gasteiger partial charge on any atom is 0.341 e. The first kappa shape index (κ1) is 20.1. The molecule has 0 aliphatic heterocycles. The molecule has 0 aliphatic carbocycles. The second-order valence-corrected chi connectivity index (χ2v) is 6.81. The van der Waals surface area contributed by atoms with Crippen molar-refractivity contribution in [3.05, 3.63) is 16.0 Å². The Morgan fingerprint density at radius 1 is 1.25 bits per heavy atom. The largest absolute Gasteiger partial charge is 0.480 e. The summed E-state index contributed by atoms with van der Waals surface area (Å²) in [6, 6.07) is -1.06. The van der Waals surface area contributed by atoms with Gasteiger partial charge in [0, 0.05) is 17.3 Å². The van der Waals surface area contributed by atoms with Gasteiger partial charge in [-0.05, 0) is 40.2 Å². The van der Waals surface area contributed by atoms with Gasteiger partial charge in [-0.1, -0.05) is 0 Å². The molecule has 8 heteroatoms. The first-order chi connectivity index (χ1) is 11.2. The lowest BCUT2D eigenvalue weighted by molar-refractivity contribution is -0.139. The molecule has 0 radical (unpaired) electrons. The van der Waals surface area contributed by atoms with Gasteiger partial charge in [0.25, 0.3) is 0 Å². The number of carbonyl (C=O) groups is 3. The number of anilines is 1. The molecule has 3 N–H and O–H groups in total. The molecule has 0 saturated carbocycles. The Kier molecular flexibility index (Phi) is 7.37. The fourth-order valence-corrected chi connectivity index (χ4v) is 3.24. The van der Waals surface area contributed by atoms with E-state index in [4.69, 9.17) is 9.84 Å². The number of esters is 1. The van der Waals surface area contributed by atoms with Crippen LogP contribution in [-0.4, -0.2) is 41.6 Å². The SMILES string of the molecule is CCOC(=O)c1c(NC(=O)CC(C)N[C@@H](C)C(=O)O)sc(C)c1C. The molecule has 24 heavy (non-hydrogen) atoms. The number of thiophene rings is 1. The molecule has 1 amide bonds. The monoisotopic (exact) mass is 356 g/mol. The topological polar surface area (TPSA) is 105 Å². The van der Waals surface area contributed by atoms with Crippen molar-refractivity contribution < 1.29 is 24.2 Å². The van der Waals surface area contributed by atoms with E-state index in [-0.39, 0.29) is 25.0 Å². The highest BCUT2D eigenvalue weighted by atomic mass is 32.1. The number of aryl methyl sites for hydroxylation is 1. The second-order valence-electron chi connectivity index (χ2n) is 5.59. The number of amides is 1. The molecule has 0 aliphatic rings. The van der Waals surface area contributed by atoms with E-state index in [0.717, 1.165) is 10.4 Å². The number of carboxylic acid groups (broad SMARTS) is 1. The second kappa shape index (κ2) is 8.79. The van der Waals surface area contributed by atoms with Gasteiger partial charge < -0.3 is 20.5 Å². The fraction of sp³-hybridized carbons (Fsp3) is 0.562. The summed E-state index contributed by atoms with van der Waals surface area (Å²) in [6.45, 7) is 8.91. The van der Waals surface area contributed by atoms with Gasteiger partial charge in [-0.25, -0.2) is 4.79 Å². The van der Waals surface area contributed by atoms with E-state index in [1.165, 1.54) is 18.3 Å². The molecule has 0 saturated heterocycles. The summed E-state index contributed by atoms with van der Waals surface area (Å²) >= 11 is 1.32. The van der Waals surface area contributed by atoms with E-state index in [1.807, 2.05) is 13.8 Å². The van der Waals surface area contributed by atoms with Crippen LogP contribution in [0, 0.1) is 13.8 Å². The number of carbonyl (C=O) groups excluding carboxylic acids is 2. The third-order valence-electron chi connectivity index (χ3n) is 3.51. The molecular weight excluding hydrogens is 332 g/mol. The zero-order chi connectivity index (χ0) is 18.4. The summed E-state index contributed by atoms with van der Waals surface area (Å²) in [5.41, 5.74) is 1.17. The maximum atomic E-state index is 12.2. The minimum atomic E-state index is -0.976. The molecule has 7 nitrogen and oxygen atoms in total. The zero-order valence-corrected chi connectivity index (χ0v) is 15.4. The van der Waals surface area contributed by atoms with Gasteiger partial charge in [-0.3, -0.25) is 9.59 Å². The highest BCUT2D eigenvalue weighted by molar-refractivity contribution is 7.16. The number of aliphatic carboxylic acids is 1. The number of ether oxygens (including phenoxy) is 1. The van der Waals surface area contributed by atoms with E-state index in [9.17, 15) is 14.4 Å². The first-order valence-electron chi connectivity index (χ1n) is 7.73. The molecule has 2 atom stereocenters. The fourth-order valence-electron chi connectivity index (χ4n) is 2.18. The van der Waals surface area contributed by atoms with E-state index in [0.29, 0.717) is 10.6 Å². The molecule has 0 spiro atoms. The van der Waals surface area contributed by atoms with Gasteiger partial charge in [0.05, 0.1) is 12.2 Å². The van der Waals surface area contributed by atoms with E-state index >= 15 is 0 Å². The molecule has 0 fully saturated rings. The third kappa shape index (κ3) is 5.31. The van der Waals surface area contributed by atoms with Gasteiger partial charge in [0.2, 0.25) is 5.91 Å². The molecular formula is C16H24N2O5S. The molecule has 0 bridgehead atoms. The van der Waals surface area contributed by atoms with Gasteiger partial charge >= 0.3 is 11.9 Å². The molecule has 1 unspecified atom stereocenters. The van der Waals surface area contributed by atoms with Crippen LogP contribution in [-0.2, 0) is 14.3 Å². The average Bonchev–Trinajstić information content (AvgIpc) is 2.73. The van der Waals surface area contributed by atoms with Crippen molar-refractivity contribution in [2.45, 2.75) is 53.1 Å². The smallest absolute Gasteiger partial charge is 0.341 e. The molecule has 134 valence electrons. The predicted molar refractivity (Wildman–Crippen MR) is 92.7 cm³/mol. The number of nitrogens with one attached hydrogen (secondary N) is 2. The first-order valence-corrected chi connectivity index (χ1v) is 8.54. The van der Waals surface area contributed by atoms with Crippen LogP contribution in [0.25, 0.3) is 0 Å². The standard InChI is InChI=1S/C16H24N2O5S/c1-6-23-16(22)13-9(3)11(5)24-14(13)18-12(19)7-8(2)17-10(4)15(20)21/h8,10,17H,6-7H2,1-5H3,(H,18,19)(H,20,21)/t8?,10-/m0/s1. The normalized spacial score (nSPS) is 13.2. The molecule has 1 rings (SSSR count). The number of rotatable bonds is 8. The Hall–Kier alpha value is -1.93. The van der Waals surface area contributed by atoms with Crippen LogP contribution in [0.2, 0.25) is 0 Å². The Morgan fingerprint density at radius 2 is 1.88 bits per heavy atom. The van der Waals surface area contributed by atoms with Crippen LogP contribution in [0.4, 0.5) is 5.00 Å². The maximum absolute atomic E-state index is 12.2. The molecule has 1 heterocycles. The molecule has 0 aromatic carbocycles. The van der Waals surface area contributed by atoms with Crippen molar-refractivity contribution in [2.75, 3.05) is 11.9 Å². The van der Waals surface area contributed by atoms with Crippen molar-refractivity contribution in [2.24, 2.45) is 0 Å². The lowest BCUT2D eigenvalue weighted by Crippen LogP contribution is -2.41. The Labute approximate surface area is 145 Å². The summed E-state index contributed by atoms with van der Waals surface area (Å²) in [5, 5.41) is 14.9. The van der Waals surface area contributed by atoms with Gasteiger partial charge in [0.15, 0.2) is 0 Å². The highest BCUT2D eigenvalue weighted by Gasteiger charge is 2.23.